The van der Waals surface area contributed by atoms with E-state index in [2.05, 4.69) is 15.3 Å². The molecule has 2 aromatic rings. The van der Waals surface area contributed by atoms with Crippen LogP contribution in [0.1, 0.15) is 12.5 Å². The van der Waals surface area contributed by atoms with Gasteiger partial charge in [-0.15, -0.1) is 0 Å². The predicted molar refractivity (Wildman–Crippen MR) is 90.6 cm³/mol. The molecule has 1 aliphatic heterocycles. The average Bonchev–Trinajstić information content (AvgIpc) is 2.99. The fraction of sp³-hybridized carbons (Fsp3) is 0.267. The second-order valence-corrected chi connectivity index (χ2v) is 6.47. The quantitative estimate of drug-likeness (QED) is 0.543. The van der Waals surface area contributed by atoms with Crippen LogP contribution in [-0.4, -0.2) is 27.9 Å². The van der Waals surface area contributed by atoms with Crippen LogP contribution >= 0.6 is 11.8 Å². The van der Waals surface area contributed by atoms with Crippen molar-refractivity contribution in [3.8, 4) is 11.5 Å². The molecular weight excluding hydrogens is 330 g/mol. The van der Waals surface area contributed by atoms with Crippen LogP contribution in [0, 0.1) is 0 Å². The topological polar surface area (TPSA) is 125 Å². The first-order valence-corrected chi connectivity index (χ1v) is 8.12. The van der Waals surface area contributed by atoms with Crippen LogP contribution in [-0.2, 0) is 11.3 Å². The molecule has 5 N–H and O–H groups in total. The van der Waals surface area contributed by atoms with Crippen molar-refractivity contribution in [1.82, 2.24) is 15.3 Å². The molecular formula is C15H17N5O3S. The van der Waals surface area contributed by atoms with Gasteiger partial charge in [0.2, 0.25) is 12.7 Å². The number of nitrogens with zero attached hydrogens (tertiary/aromatic N) is 2. The summed E-state index contributed by atoms with van der Waals surface area (Å²) < 4.78 is 10.6. The van der Waals surface area contributed by atoms with Gasteiger partial charge in [0, 0.05) is 12.6 Å². The molecule has 0 fully saturated rings. The zero-order valence-corrected chi connectivity index (χ0v) is 13.8. The molecule has 0 saturated carbocycles. The molecule has 1 aromatic heterocycles. The average molecular weight is 347 g/mol. The van der Waals surface area contributed by atoms with Crippen molar-refractivity contribution in [2.24, 2.45) is 0 Å². The number of nitrogens with two attached hydrogens (primary N) is 2. The van der Waals surface area contributed by atoms with Crippen LogP contribution in [0.5, 0.6) is 11.5 Å². The number of carbonyl (C=O) groups excluding carboxylic acids is 1. The Hall–Kier alpha value is -2.68. The molecule has 0 radical (unpaired) electrons. The van der Waals surface area contributed by atoms with Crippen LogP contribution in [0.25, 0.3) is 0 Å². The summed E-state index contributed by atoms with van der Waals surface area (Å²) in [4.78, 5) is 20.3. The van der Waals surface area contributed by atoms with E-state index in [4.69, 9.17) is 20.9 Å². The van der Waals surface area contributed by atoms with Crippen LogP contribution < -0.4 is 26.3 Å². The summed E-state index contributed by atoms with van der Waals surface area (Å²) in [6.45, 7) is 2.38. The van der Waals surface area contributed by atoms with E-state index < -0.39 is 0 Å². The van der Waals surface area contributed by atoms with E-state index in [1.165, 1.54) is 17.8 Å². The molecule has 8 nitrogen and oxygen atoms in total. The zero-order chi connectivity index (χ0) is 17.1. The fourth-order valence-electron chi connectivity index (χ4n) is 2.11. The van der Waals surface area contributed by atoms with E-state index in [0.717, 1.165) is 5.56 Å². The van der Waals surface area contributed by atoms with Gasteiger partial charge in [0.25, 0.3) is 0 Å². The summed E-state index contributed by atoms with van der Waals surface area (Å²) in [5, 5.41) is 2.85. The van der Waals surface area contributed by atoms with E-state index in [1.54, 1.807) is 6.92 Å². The summed E-state index contributed by atoms with van der Waals surface area (Å²) >= 11 is 1.20. The Bertz CT molecular complexity index is 751. The van der Waals surface area contributed by atoms with Gasteiger partial charge in [-0.05, 0) is 24.6 Å². The maximum atomic E-state index is 12.2. The first-order chi connectivity index (χ1) is 11.5. The lowest BCUT2D eigenvalue weighted by molar-refractivity contribution is -0.120. The third-order valence-corrected chi connectivity index (χ3v) is 4.26. The molecule has 3 rings (SSSR count). The number of ether oxygens (including phenoxy) is 2. The van der Waals surface area contributed by atoms with Crippen LogP contribution in [0.15, 0.2) is 29.4 Å². The van der Waals surface area contributed by atoms with Gasteiger partial charge in [-0.3, -0.25) is 4.79 Å². The minimum atomic E-state index is -0.389. The normalized spacial score (nSPS) is 13.5. The number of nitrogens with one attached hydrogen (secondary N) is 1. The van der Waals surface area contributed by atoms with E-state index >= 15 is 0 Å². The Morgan fingerprint density at radius 3 is 2.71 bits per heavy atom. The number of anilines is 2. The highest BCUT2D eigenvalue weighted by molar-refractivity contribution is 8.00. The Morgan fingerprint density at radius 1 is 1.25 bits per heavy atom. The number of carbonyl (C=O) groups is 1. The molecule has 0 unspecified atom stereocenters. The first kappa shape index (κ1) is 16.2. The minimum absolute atomic E-state index is 0.137. The molecule has 24 heavy (non-hydrogen) atoms. The highest BCUT2D eigenvalue weighted by atomic mass is 32.2. The monoisotopic (exact) mass is 347 g/mol. The highest BCUT2D eigenvalue weighted by Gasteiger charge is 2.17. The highest BCUT2D eigenvalue weighted by Crippen LogP contribution is 2.32. The zero-order valence-electron chi connectivity index (χ0n) is 13.0. The van der Waals surface area contributed by atoms with Crippen molar-refractivity contribution in [2.75, 3.05) is 18.3 Å². The van der Waals surface area contributed by atoms with Gasteiger partial charge >= 0.3 is 0 Å². The van der Waals surface area contributed by atoms with E-state index in [-0.39, 0.29) is 29.6 Å². The molecule has 126 valence electrons. The number of amides is 1. The lowest BCUT2D eigenvalue weighted by Gasteiger charge is -2.12. The van der Waals surface area contributed by atoms with Crippen LogP contribution in [0.2, 0.25) is 0 Å². The molecule has 2 heterocycles. The first-order valence-electron chi connectivity index (χ1n) is 7.24. The molecule has 0 saturated heterocycles. The Balaban J connectivity index is 1.56. The third-order valence-electron chi connectivity index (χ3n) is 3.30. The Kier molecular flexibility index (Phi) is 4.61. The predicted octanol–water partition coefficient (Wildman–Crippen LogP) is 1.17. The number of hydrogen-bond acceptors (Lipinski definition) is 8. The number of benzene rings is 1. The van der Waals surface area contributed by atoms with E-state index in [9.17, 15) is 4.79 Å². The van der Waals surface area contributed by atoms with Crippen molar-refractivity contribution in [1.29, 1.82) is 0 Å². The SMILES string of the molecule is C[C@H](Sc1nc(N)cc(N)n1)C(=O)NCc1ccc2c(c1)OCO2. The summed E-state index contributed by atoms with van der Waals surface area (Å²) in [5.74, 6) is 1.82. The Morgan fingerprint density at radius 2 is 1.96 bits per heavy atom. The molecule has 9 heteroatoms. The lowest BCUT2D eigenvalue weighted by atomic mass is 10.2. The van der Waals surface area contributed by atoms with Gasteiger partial charge in [0.15, 0.2) is 16.7 Å². The van der Waals surface area contributed by atoms with Crippen molar-refractivity contribution in [3.63, 3.8) is 0 Å². The molecule has 0 bridgehead atoms. The molecule has 1 amide bonds. The van der Waals surface area contributed by atoms with Crippen molar-refractivity contribution >= 4 is 29.3 Å². The fourth-order valence-corrected chi connectivity index (χ4v) is 2.93. The van der Waals surface area contributed by atoms with Gasteiger partial charge in [0.1, 0.15) is 11.6 Å². The number of fused-ring (bicyclic) bond motifs is 1. The standard InChI is InChI=1S/C15H17N5O3S/c1-8(24-15-19-12(16)5-13(17)20-15)14(21)18-6-9-2-3-10-11(4-9)23-7-22-10/h2-5,8H,6-7H2,1H3,(H,18,21)(H4,16,17,19,20)/t8-/m0/s1. The molecule has 0 aliphatic carbocycles. The molecule has 0 spiro atoms. The lowest BCUT2D eigenvalue weighted by Crippen LogP contribution is -2.30. The second kappa shape index (κ2) is 6.83. The summed E-state index contributed by atoms with van der Waals surface area (Å²) in [6.07, 6.45) is 0. The summed E-state index contributed by atoms with van der Waals surface area (Å²) in [5.41, 5.74) is 12.2. The summed E-state index contributed by atoms with van der Waals surface area (Å²) in [6, 6.07) is 7.02. The van der Waals surface area contributed by atoms with Gasteiger partial charge in [-0.2, -0.15) is 0 Å². The van der Waals surface area contributed by atoms with Gasteiger partial charge < -0.3 is 26.3 Å². The minimum Gasteiger partial charge on any atom is -0.454 e. The maximum absolute atomic E-state index is 12.2. The van der Waals surface area contributed by atoms with Gasteiger partial charge in [-0.25, -0.2) is 9.97 Å². The maximum Gasteiger partial charge on any atom is 0.233 e. The van der Waals surface area contributed by atoms with Crippen molar-refractivity contribution in [3.05, 3.63) is 29.8 Å². The molecule has 1 aromatic carbocycles. The van der Waals surface area contributed by atoms with E-state index in [0.29, 0.717) is 23.2 Å². The molecule has 1 aliphatic rings. The van der Waals surface area contributed by atoms with Crippen LogP contribution in [0.3, 0.4) is 0 Å². The second-order valence-electron chi connectivity index (χ2n) is 5.17. The largest absolute Gasteiger partial charge is 0.454 e. The number of aromatic nitrogens is 2. The van der Waals surface area contributed by atoms with Crippen LogP contribution in [0.4, 0.5) is 11.6 Å². The number of rotatable bonds is 5. The third kappa shape index (κ3) is 3.80. The number of nitrogen functional groups attached to an aromatic ring is 2. The number of hydrogen-bond donors (Lipinski definition) is 3. The smallest absolute Gasteiger partial charge is 0.233 e. The van der Waals surface area contributed by atoms with Gasteiger partial charge in [0.05, 0.1) is 5.25 Å². The molecule has 1 atom stereocenters. The number of thioether (sulfide) groups is 1. The van der Waals surface area contributed by atoms with Gasteiger partial charge in [-0.1, -0.05) is 17.8 Å². The van der Waals surface area contributed by atoms with Crippen molar-refractivity contribution in [2.45, 2.75) is 23.9 Å². The van der Waals surface area contributed by atoms with E-state index in [1.807, 2.05) is 18.2 Å². The summed E-state index contributed by atoms with van der Waals surface area (Å²) in [7, 11) is 0. The Labute approximate surface area is 142 Å². The van der Waals surface area contributed by atoms with Crippen molar-refractivity contribution < 1.29 is 14.3 Å².